The van der Waals surface area contributed by atoms with E-state index in [4.69, 9.17) is 4.74 Å². The van der Waals surface area contributed by atoms with Gasteiger partial charge in [0, 0.05) is 36.3 Å². The minimum absolute atomic E-state index is 0.0925. The smallest absolute Gasteiger partial charge is 0.339 e. The van der Waals surface area contributed by atoms with Crippen LogP contribution >= 0.6 is 0 Å². The summed E-state index contributed by atoms with van der Waals surface area (Å²) in [6, 6.07) is 8.50. The Morgan fingerprint density at radius 1 is 1.24 bits per heavy atom. The maximum Gasteiger partial charge on any atom is 0.339 e. The number of fused-ring (bicyclic) bond motifs is 1. The highest BCUT2D eigenvalue weighted by Crippen LogP contribution is 2.26. The van der Waals surface area contributed by atoms with Crippen molar-refractivity contribution in [3.05, 3.63) is 66.2 Å². The molecule has 0 aliphatic rings. The van der Waals surface area contributed by atoms with Gasteiger partial charge in [-0.3, -0.25) is 0 Å². The summed E-state index contributed by atoms with van der Waals surface area (Å²) >= 11 is 0. The molecule has 0 saturated carbocycles. The summed E-state index contributed by atoms with van der Waals surface area (Å²) in [4.78, 5) is 24.6. The molecule has 0 saturated heterocycles. The van der Waals surface area contributed by atoms with Gasteiger partial charge in [-0.1, -0.05) is 0 Å². The van der Waals surface area contributed by atoms with Crippen LogP contribution in [-0.4, -0.2) is 42.2 Å². The third-order valence-corrected chi connectivity index (χ3v) is 4.25. The lowest BCUT2D eigenvalue weighted by Gasteiger charge is -2.10. The minimum Gasteiger partial charge on any atom is -0.493 e. The number of hydrogen-bond donors (Lipinski definition) is 2. The molecule has 4 aromatic rings. The van der Waals surface area contributed by atoms with Crippen molar-refractivity contribution in [2.45, 2.75) is 13.5 Å². The summed E-state index contributed by atoms with van der Waals surface area (Å²) in [6.07, 6.45) is 6.90. The standard InChI is InChI=1S/C20H18N6O3/c1-2-29-17-5-4-13(10-15(17)19(27)28)16-6-8-22-20(25-16)23-11-14-12-24-26-9-3-7-21-18(14)26/h3-10,12H,2,11H2,1H3,(H,27,28)(H,22,23,25). The number of hydrogen-bond acceptors (Lipinski definition) is 7. The van der Waals surface area contributed by atoms with E-state index in [1.54, 1.807) is 54.3 Å². The monoisotopic (exact) mass is 390 g/mol. The molecule has 9 nitrogen and oxygen atoms in total. The third kappa shape index (κ3) is 3.84. The first-order chi connectivity index (χ1) is 14.2. The van der Waals surface area contributed by atoms with Crippen LogP contribution in [0.5, 0.6) is 5.75 Å². The molecule has 0 unspecified atom stereocenters. The van der Waals surface area contributed by atoms with E-state index in [-0.39, 0.29) is 5.56 Å². The Balaban J connectivity index is 1.57. The van der Waals surface area contributed by atoms with Gasteiger partial charge in [0.05, 0.1) is 18.5 Å². The van der Waals surface area contributed by atoms with E-state index < -0.39 is 5.97 Å². The van der Waals surface area contributed by atoms with Crippen molar-refractivity contribution in [1.82, 2.24) is 24.6 Å². The maximum atomic E-state index is 11.5. The molecule has 0 aliphatic carbocycles. The molecule has 9 heteroatoms. The van der Waals surface area contributed by atoms with Gasteiger partial charge in [-0.25, -0.2) is 24.3 Å². The van der Waals surface area contributed by atoms with E-state index >= 15 is 0 Å². The predicted molar refractivity (Wildman–Crippen MR) is 106 cm³/mol. The quantitative estimate of drug-likeness (QED) is 0.495. The first-order valence-electron chi connectivity index (χ1n) is 9.00. The Morgan fingerprint density at radius 2 is 2.14 bits per heavy atom. The average Bonchev–Trinajstić information content (AvgIpc) is 3.16. The minimum atomic E-state index is -1.05. The van der Waals surface area contributed by atoms with Crippen molar-refractivity contribution >= 4 is 17.6 Å². The summed E-state index contributed by atoms with van der Waals surface area (Å²) < 4.78 is 7.08. The topological polar surface area (TPSA) is 115 Å². The van der Waals surface area contributed by atoms with E-state index in [0.29, 0.717) is 36.1 Å². The van der Waals surface area contributed by atoms with Crippen molar-refractivity contribution < 1.29 is 14.6 Å². The SMILES string of the molecule is CCOc1ccc(-c2ccnc(NCc3cnn4cccnc34)n2)cc1C(=O)O. The van der Waals surface area contributed by atoms with Crippen molar-refractivity contribution in [3.63, 3.8) is 0 Å². The molecule has 0 atom stereocenters. The number of carboxylic acid groups (broad SMARTS) is 1. The summed E-state index contributed by atoms with van der Waals surface area (Å²) in [5.41, 5.74) is 3.03. The molecule has 3 heterocycles. The number of aromatic nitrogens is 5. The van der Waals surface area contributed by atoms with Crippen LogP contribution in [0.4, 0.5) is 5.95 Å². The number of carbonyl (C=O) groups is 1. The first-order valence-corrected chi connectivity index (χ1v) is 9.00. The Morgan fingerprint density at radius 3 is 2.97 bits per heavy atom. The van der Waals surface area contributed by atoms with Crippen LogP contribution in [0, 0.1) is 0 Å². The van der Waals surface area contributed by atoms with Crippen LogP contribution in [-0.2, 0) is 6.54 Å². The van der Waals surface area contributed by atoms with Crippen LogP contribution in [0.25, 0.3) is 16.9 Å². The highest BCUT2D eigenvalue weighted by molar-refractivity contribution is 5.92. The molecule has 0 bridgehead atoms. The summed E-state index contributed by atoms with van der Waals surface area (Å²) in [6.45, 7) is 2.65. The number of ether oxygens (including phenoxy) is 1. The van der Waals surface area contributed by atoms with E-state index in [1.165, 1.54) is 0 Å². The molecule has 0 radical (unpaired) electrons. The zero-order valence-electron chi connectivity index (χ0n) is 15.6. The number of nitrogens with zero attached hydrogens (tertiary/aromatic N) is 5. The second-order valence-electron chi connectivity index (χ2n) is 6.13. The average molecular weight is 390 g/mol. The van der Waals surface area contributed by atoms with E-state index in [0.717, 1.165) is 11.2 Å². The van der Waals surface area contributed by atoms with Gasteiger partial charge in [0.15, 0.2) is 5.65 Å². The molecule has 0 fully saturated rings. The number of aromatic carboxylic acids is 1. The lowest BCUT2D eigenvalue weighted by atomic mass is 10.1. The summed E-state index contributed by atoms with van der Waals surface area (Å²) in [5.74, 6) is -0.302. The third-order valence-electron chi connectivity index (χ3n) is 4.25. The number of benzene rings is 1. The molecular formula is C20H18N6O3. The fourth-order valence-electron chi connectivity index (χ4n) is 2.92. The molecular weight excluding hydrogens is 372 g/mol. The predicted octanol–water partition coefficient (Wildman–Crippen LogP) is 2.90. The van der Waals surface area contributed by atoms with Crippen LogP contribution in [0.1, 0.15) is 22.8 Å². The summed E-state index contributed by atoms with van der Waals surface area (Å²) in [7, 11) is 0. The Labute approximate surface area is 166 Å². The van der Waals surface area contributed by atoms with Gasteiger partial charge in [0.25, 0.3) is 0 Å². The number of rotatable bonds is 7. The van der Waals surface area contributed by atoms with Crippen molar-refractivity contribution in [2.75, 3.05) is 11.9 Å². The van der Waals surface area contributed by atoms with Gasteiger partial charge >= 0.3 is 5.97 Å². The molecule has 0 aliphatic heterocycles. The van der Waals surface area contributed by atoms with Gasteiger partial charge in [0.1, 0.15) is 11.3 Å². The van der Waals surface area contributed by atoms with Crippen molar-refractivity contribution in [3.8, 4) is 17.0 Å². The Kier molecular flexibility index (Phi) is 5.02. The zero-order chi connectivity index (χ0) is 20.2. The summed E-state index contributed by atoms with van der Waals surface area (Å²) in [5, 5.41) is 16.9. The van der Waals surface area contributed by atoms with Crippen molar-refractivity contribution in [1.29, 1.82) is 0 Å². The molecule has 3 aromatic heterocycles. The molecule has 0 spiro atoms. The molecule has 146 valence electrons. The van der Waals surface area contributed by atoms with E-state index in [2.05, 4.69) is 25.4 Å². The highest BCUT2D eigenvalue weighted by atomic mass is 16.5. The lowest BCUT2D eigenvalue weighted by Crippen LogP contribution is -2.05. The number of carboxylic acids is 1. The van der Waals surface area contributed by atoms with Crippen molar-refractivity contribution in [2.24, 2.45) is 0 Å². The van der Waals surface area contributed by atoms with Crippen LogP contribution in [0.3, 0.4) is 0 Å². The van der Waals surface area contributed by atoms with E-state index in [1.807, 2.05) is 12.3 Å². The van der Waals surface area contributed by atoms with Gasteiger partial charge < -0.3 is 15.2 Å². The first kappa shape index (κ1) is 18.4. The lowest BCUT2D eigenvalue weighted by molar-refractivity contribution is 0.0692. The Bertz CT molecular complexity index is 1170. The number of anilines is 1. The normalized spacial score (nSPS) is 10.8. The molecule has 0 amide bonds. The second kappa shape index (κ2) is 7.93. The number of nitrogens with one attached hydrogen (secondary N) is 1. The zero-order valence-corrected chi connectivity index (χ0v) is 15.6. The van der Waals surface area contributed by atoms with Gasteiger partial charge in [-0.2, -0.15) is 5.10 Å². The highest BCUT2D eigenvalue weighted by Gasteiger charge is 2.14. The second-order valence-corrected chi connectivity index (χ2v) is 6.13. The maximum absolute atomic E-state index is 11.5. The fourth-order valence-corrected chi connectivity index (χ4v) is 2.92. The Hall–Kier alpha value is -4.01. The van der Waals surface area contributed by atoms with Crippen LogP contribution in [0.2, 0.25) is 0 Å². The molecule has 4 rings (SSSR count). The van der Waals surface area contributed by atoms with Gasteiger partial charge in [-0.15, -0.1) is 0 Å². The van der Waals surface area contributed by atoms with Crippen LogP contribution < -0.4 is 10.1 Å². The largest absolute Gasteiger partial charge is 0.493 e. The van der Waals surface area contributed by atoms with Gasteiger partial charge in [0.2, 0.25) is 5.95 Å². The fraction of sp³-hybridized carbons (Fsp3) is 0.150. The van der Waals surface area contributed by atoms with Gasteiger partial charge in [-0.05, 0) is 37.3 Å². The molecule has 1 aromatic carbocycles. The van der Waals surface area contributed by atoms with Crippen LogP contribution in [0.15, 0.2) is 55.1 Å². The molecule has 29 heavy (non-hydrogen) atoms. The van der Waals surface area contributed by atoms with E-state index in [9.17, 15) is 9.90 Å². The molecule has 2 N–H and O–H groups in total.